The van der Waals surface area contributed by atoms with E-state index in [0.29, 0.717) is 42.9 Å². The number of fused-ring (bicyclic) bond motifs is 3. The Morgan fingerprint density at radius 2 is 2.03 bits per heavy atom. The molecule has 11 nitrogen and oxygen atoms in total. The van der Waals surface area contributed by atoms with Gasteiger partial charge in [0, 0.05) is 36.1 Å². The SMILES string of the molecule is C[C@@H]1CN(C(=O)O)[C@@H](C)CN1c1ncnc2[nH]c3cc(S(=O)(=O)NC4(C#N)CC4)ccc3c12. The summed E-state index contributed by atoms with van der Waals surface area (Å²) in [6.45, 7) is 4.63. The van der Waals surface area contributed by atoms with Gasteiger partial charge in [0.25, 0.3) is 0 Å². The van der Waals surface area contributed by atoms with Gasteiger partial charge in [0.15, 0.2) is 0 Å². The zero-order chi connectivity index (χ0) is 23.5. The lowest BCUT2D eigenvalue weighted by Gasteiger charge is -2.43. The fourth-order valence-corrected chi connectivity index (χ4v) is 5.84. The number of hydrogen-bond acceptors (Lipinski definition) is 7. The first-order chi connectivity index (χ1) is 15.6. The highest BCUT2D eigenvalue weighted by molar-refractivity contribution is 7.89. The molecule has 0 bridgehead atoms. The molecule has 1 aliphatic heterocycles. The minimum atomic E-state index is -3.86. The third kappa shape index (κ3) is 3.53. The Hall–Kier alpha value is -3.43. The van der Waals surface area contributed by atoms with Crippen LogP contribution >= 0.6 is 0 Å². The van der Waals surface area contributed by atoms with Crippen LogP contribution in [0.2, 0.25) is 0 Å². The third-order valence-corrected chi connectivity index (χ3v) is 7.98. The molecule has 0 unspecified atom stereocenters. The fraction of sp³-hybridized carbons (Fsp3) is 0.429. The van der Waals surface area contributed by atoms with E-state index in [1.165, 1.54) is 23.4 Å². The number of rotatable bonds is 4. The molecule has 1 aliphatic carbocycles. The lowest BCUT2D eigenvalue weighted by atomic mass is 10.1. The van der Waals surface area contributed by atoms with Crippen LogP contribution in [-0.4, -0.2) is 70.2 Å². The van der Waals surface area contributed by atoms with Gasteiger partial charge < -0.3 is 19.9 Å². The average Bonchev–Trinajstić information content (AvgIpc) is 3.43. The number of amides is 1. The van der Waals surface area contributed by atoms with Crippen molar-refractivity contribution in [1.29, 1.82) is 5.26 Å². The van der Waals surface area contributed by atoms with Gasteiger partial charge in [0.2, 0.25) is 10.0 Å². The van der Waals surface area contributed by atoms with Crippen molar-refractivity contribution in [3.8, 4) is 6.07 Å². The fourth-order valence-electron chi connectivity index (χ4n) is 4.44. The lowest BCUT2D eigenvalue weighted by Crippen LogP contribution is -2.58. The molecule has 1 saturated heterocycles. The second-order valence-corrected chi connectivity index (χ2v) is 10.5. The molecule has 1 amide bonds. The molecule has 0 radical (unpaired) electrons. The van der Waals surface area contributed by atoms with Crippen LogP contribution in [0.15, 0.2) is 29.4 Å². The molecule has 172 valence electrons. The number of nitrogens with one attached hydrogen (secondary N) is 2. The van der Waals surface area contributed by atoms with E-state index in [1.807, 2.05) is 19.9 Å². The van der Waals surface area contributed by atoms with Crippen molar-refractivity contribution in [3.63, 3.8) is 0 Å². The Balaban J connectivity index is 1.56. The summed E-state index contributed by atoms with van der Waals surface area (Å²) < 4.78 is 28.1. The summed E-state index contributed by atoms with van der Waals surface area (Å²) in [5, 5.41) is 20.2. The maximum Gasteiger partial charge on any atom is 0.407 e. The summed E-state index contributed by atoms with van der Waals surface area (Å²) in [5.41, 5.74) is 0.146. The predicted molar refractivity (Wildman–Crippen MR) is 120 cm³/mol. The largest absolute Gasteiger partial charge is 0.465 e. The van der Waals surface area contributed by atoms with Crippen LogP contribution < -0.4 is 9.62 Å². The summed E-state index contributed by atoms with van der Waals surface area (Å²) in [6, 6.07) is 6.47. The maximum atomic E-state index is 12.8. The minimum Gasteiger partial charge on any atom is -0.465 e. The molecular formula is C21H23N7O4S. The van der Waals surface area contributed by atoms with Gasteiger partial charge in [-0.05, 0) is 38.8 Å². The summed E-state index contributed by atoms with van der Waals surface area (Å²) in [4.78, 5) is 27.1. The Kier molecular flexibility index (Phi) is 4.73. The quantitative estimate of drug-likeness (QED) is 0.524. The first-order valence-electron chi connectivity index (χ1n) is 10.6. The number of carboxylic acid groups (broad SMARTS) is 1. The Morgan fingerprint density at radius 1 is 1.27 bits per heavy atom. The number of nitriles is 1. The third-order valence-electron chi connectivity index (χ3n) is 6.45. The molecule has 5 rings (SSSR count). The van der Waals surface area contributed by atoms with Gasteiger partial charge in [0.1, 0.15) is 23.3 Å². The second-order valence-electron chi connectivity index (χ2n) is 8.84. The Morgan fingerprint density at radius 3 is 2.70 bits per heavy atom. The summed E-state index contributed by atoms with van der Waals surface area (Å²) in [6.07, 6.45) is 1.50. The number of hydrogen-bond donors (Lipinski definition) is 3. The topological polar surface area (TPSA) is 155 Å². The van der Waals surface area contributed by atoms with E-state index in [4.69, 9.17) is 0 Å². The number of H-pyrrole nitrogens is 1. The van der Waals surface area contributed by atoms with E-state index < -0.39 is 21.7 Å². The molecule has 2 aliphatic rings. The van der Waals surface area contributed by atoms with Crippen molar-refractivity contribution in [1.82, 2.24) is 24.6 Å². The molecule has 12 heteroatoms. The summed E-state index contributed by atoms with van der Waals surface area (Å²) in [7, 11) is -3.86. The van der Waals surface area contributed by atoms with Crippen molar-refractivity contribution < 1.29 is 18.3 Å². The molecule has 2 atom stereocenters. The van der Waals surface area contributed by atoms with Gasteiger partial charge in [-0.25, -0.2) is 23.2 Å². The minimum absolute atomic E-state index is 0.0645. The van der Waals surface area contributed by atoms with Crippen LogP contribution in [0.3, 0.4) is 0 Å². The van der Waals surface area contributed by atoms with Crippen LogP contribution in [0.5, 0.6) is 0 Å². The van der Waals surface area contributed by atoms with Crippen molar-refractivity contribution in [2.75, 3.05) is 18.0 Å². The summed E-state index contributed by atoms with van der Waals surface area (Å²) in [5.74, 6) is 0.672. The molecule has 2 aromatic heterocycles. The monoisotopic (exact) mass is 469 g/mol. The molecule has 3 heterocycles. The van der Waals surface area contributed by atoms with Crippen LogP contribution in [0.4, 0.5) is 10.6 Å². The van der Waals surface area contributed by atoms with Crippen molar-refractivity contribution in [2.45, 2.75) is 49.2 Å². The molecular weight excluding hydrogens is 446 g/mol. The van der Waals surface area contributed by atoms with Gasteiger partial charge >= 0.3 is 6.09 Å². The number of anilines is 1. The highest BCUT2D eigenvalue weighted by Crippen LogP contribution is 2.37. The van der Waals surface area contributed by atoms with E-state index in [1.54, 1.807) is 6.07 Å². The lowest BCUT2D eigenvalue weighted by molar-refractivity contribution is 0.114. The van der Waals surface area contributed by atoms with Gasteiger partial charge in [-0.3, -0.25) is 0 Å². The number of carbonyl (C=O) groups is 1. The van der Waals surface area contributed by atoms with Crippen LogP contribution in [0, 0.1) is 11.3 Å². The summed E-state index contributed by atoms with van der Waals surface area (Å²) >= 11 is 0. The van der Waals surface area contributed by atoms with E-state index in [9.17, 15) is 23.6 Å². The van der Waals surface area contributed by atoms with Crippen LogP contribution in [0.25, 0.3) is 21.9 Å². The highest BCUT2D eigenvalue weighted by atomic mass is 32.2. The molecule has 3 N–H and O–H groups in total. The average molecular weight is 470 g/mol. The van der Waals surface area contributed by atoms with E-state index in [0.717, 1.165) is 10.8 Å². The molecule has 33 heavy (non-hydrogen) atoms. The van der Waals surface area contributed by atoms with Crippen molar-refractivity contribution in [3.05, 3.63) is 24.5 Å². The zero-order valence-electron chi connectivity index (χ0n) is 18.1. The standard InChI is InChI=1S/C21H23N7O4S/c1-12-9-28(20(29)30)13(2)8-27(12)19-17-15-4-3-14(7-16(15)25-18(17)23-11-24-19)33(31,32)26-21(10-22)5-6-21/h3-4,7,11-13,26H,5-6,8-9H2,1-2H3,(H,29,30)(H,23,24,25)/t12-,13+/m1/s1. The molecule has 1 saturated carbocycles. The van der Waals surface area contributed by atoms with Crippen molar-refractivity contribution >= 4 is 43.9 Å². The number of aromatic amines is 1. The first-order valence-corrected chi connectivity index (χ1v) is 12.1. The van der Waals surface area contributed by atoms with E-state index >= 15 is 0 Å². The number of benzene rings is 1. The number of nitrogens with zero attached hydrogens (tertiary/aromatic N) is 5. The number of sulfonamides is 1. The van der Waals surface area contributed by atoms with E-state index in [2.05, 4.69) is 24.6 Å². The van der Waals surface area contributed by atoms with E-state index in [-0.39, 0.29) is 17.0 Å². The zero-order valence-corrected chi connectivity index (χ0v) is 18.9. The first kappa shape index (κ1) is 21.4. The van der Waals surface area contributed by atoms with Crippen LogP contribution in [-0.2, 0) is 10.0 Å². The number of piperazine rings is 1. The maximum absolute atomic E-state index is 12.8. The Bertz CT molecular complexity index is 1420. The van der Waals surface area contributed by atoms with Gasteiger partial charge in [0.05, 0.1) is 16.4 Å². The van der Waals surface area contributed by atoms with Gasteiger partial charge in [-0.2, -0.15) is 9.98 Å². The normalized spacial score (nSPS) is 22.5. The molecule has 2 fully saturated rings. The van der Waals surface area contributed by atoms with Gasteiger partial charge in [-0.15, -0.1) is 0 Å². The molecule has 3 aromatic rings. The Labute approximate surface area is 190 Å². The van der Waals surface area contributed by atoms with Gasteiger partial charge in [-0.1, -0.05) is 6.07 Å². The van der Waals surface area contributed by atoms with Crippen molar-refractivity contribution in [2.24, 2.45) is 0 Å². The molecule has 1 aromatic carbocycles. The van der Waals surface area contributed by atoms with Crippen LogP contribution in [0.1, 0.15) is 26.7 Å². The smallest absolute Gasteiger partial charge is 0.407 e. The highest BCUT2D eigenvalue weighted by Gasteiger charge is 2.46. The second kappa shape index (κ2) is 7.29. The number of aromatic nitrogens is 3. The molecule has 0 spiro atoms. The predicted octanol–water partition coefficient (Wildman–Crippen LogP) is 2.02.